The summed E-state index contributed by atoms with van der Waals surface area (Å²) in [6, 6.07) is 14.7. The van der Waals surface area contributed by atoms with Crippen LogP contribution in [0.4, 0.5) is 18.9 Å². The molecule has 0 aliphatic heterocycles. The zero-order valence-electron chi connectivity index (χ0n) is 19.9. The van der Waals surface area contributed by atoms with Crippen LogP contribution in [0.2, 0.25) is 10.0 Å². The molecule has 2 N–H and O–H groups in total. The topological polar surface area (TPSA) is 102 Å². The summed E-state index contributed by atoms with van der Waals surface area (Å²) in [7, 11) is 0. The molecular weight excluding hydrogens is 560 g/mol. The van der Waals surface area contributed by atoms with Gasteiger partial charge in [0.1, 0.15) is 13.1 Å². The Morgan fingerprint density at radius 2 is 1.56 bits per heavy atom. The number of amides is 2. The van der Waals surface area contributed by atoms with Crippen molar-refractivity contribution in [2.75, 3.05) is 5.32 Å². The minimum atomic E-state index is -4.61. The Hall–Kier alpha value is -4.09. The predicted molar refractivity (Wildman–Crippen MR) is 141 cm³/mol. The van der Waals surface area contributed by atoms with Gasteiger partial charge in [0.25, 0.3) is 5.56 Å². The third-order valence-corrected chi connectivity index (χ3v) is 6.29. The molecule has 0 bridgehead atoms. The number of rotatable bonds is 7. The van der Waals surface area contributed by atoms with Crippen LogP contribution in [-0.4, -0.2) is 20.9 Å². The molecule has 1 heterocycles. The first kappa shape index (κ1) is 27.9. The SMILES string of the molecule is O=C(Cn1c(=O)c2ccccc2n(CC(=O)Nc2cccc(C(F)(F)F)c2)c1=O)NCc1ccc(Cl)cc1Cl. The lowest BCUT2D eigenvalue weighted by Crippen LogP contribution is -2.44. The summed E-state index contributed by atoms with van der Waals surface area (Å²) >= 11 is 12.0. The van der Waals surface area contributed by atoms with E-state index in [1.54, 1.807) is 24.3 Å². The van der Waals surface area contributed by atoms with Gasteiger partial charge in [-0.1, -0.05) is 47.5 Å². The molecule has 39 heavy (non-hydrogen) atoms. The number of alkyl halides is 3. The van der Waals surface area contributed by atoms with Crippen molar-refractivity contribution in [3.63, 3.8) is 0 Å². The van der Waals surface area contributed by atoms with Gasteiger partial charge in [0.15, 0.2) is 0 Å². The minimum Gasteiger partial charge on any atom is -0.350 e. The monoisotopic (exact) mass is 578 g/mol. The Morgan fingerprint density at radius 1 is 0.846 bits per heavy atom. The van der Waals surface area contributed by atoms with E-state index in [1.807, 2.05) is 0 Å². The summed E-state index contributed by atoms with van der Waals surface area (Å²) < 4.78 is 40.7. The first-order valence-corrected chi connectivity index (χ1v) is 12.1. The zero-order valence-corrected chi connectivity index (χ0v) is 21.4. The molecule has 0 radical (unpaired) electrons. The average Bonchev–Trinajstić information content (AvgIpc) is 2.88. The highest BCUT2D eigenvalue weighted by Crippen LogP contribution is 2.30. The van der Waals surface area contributed by atoms with Crippen LogP contribution >= 0.6 is 23.2 Å². The van der Waals surface area contributed by atoms with E-state index in [1.165, 1.54) is 24.3 Å². The first-order valence-electron chi connectivity index (χ1n) is 11.3. The van der Waals surface area contributed by atoms with Gasteiger partial charge >= 0.3 is 11.9 Å². The fourth-order valence-corrected chi connectivity index (χ4v) is 4.31. The second-order valence-electron chi connectivity index (χ2n) is 8.42. The highest BCUT2D eigenvalue weighted by Gasteiger charge is 2.30. The standard InChI is InChI=1S/C26H19Cl2F3N4O4/c27-17-9-8-15(20(28)11-17)12-32-22(36)13-35-24(38)19-6-1-2-7-21(19)34(25(35)39)14-23(37)33-18-5-3-4-16(10-18)26(29,30)31/h1-11H,12-14H2,(H,32,36)(H,33,37). The second-order valence-corrected chi connectivity index (χ2v) is 9.26. The van der Waals surface area contributed by atoms with E-state index < -0.39 is 47.9 Å². The molecule has 13 heteroatoms. The van der Waals surface area contributed by atoms with Crippen LogP contribution in [0.3, 0.4) is 0 Å². The van der Waals surface area contributed by atoms with E-state index >= 15 is 0 Å². The number of nitrogens with one attached hydrogen (secondary N) is 2. The maximum absolute atomic E-state index is 13.3. The summed E-state index contributed by atoms with van der Waals surface area (Å²) in [5.74, 6) is -1.48. The number of hydrogen-bond acceptors (Lipinski definition) is 4. The molecule has 0 unspecified atom stereocenters. The van der Waals surface area contributed by atoms with Crippen molar-refractivity contribution >= 4 is 51.6 Å². The van der Waals surface area contributed by atoms with Crippen LogP contribution in [0.15, 0.2) is 76.3 Å². The Bertz CT molecular complexity index is 1700. The van der Waals surface area contributed by atoms with Crippen molar-refractivity contribution < 1.29 is 22.8 Å². The van der Waals surface area contributed by atoms with Crippen LogP contribution in [0.1, 0.15) is 11.1 Å². The number of fused-ring (bicyclic) bond motifs is 1. The fraction of sp³-hybridized carbons (Fsp3) is 0.154. The van der Waals surface area contributed by atoms with E-state index in [0.717, 1.165) is 22.8 Å². The summed E-state index contributed by atoms with van der Waals surface area (Å²) in [6.07, 6.45) is -4.61. The van der Waals surface area contributed by atoms with Gasteiger partial charge in [-0.25, -0.2) is 4.79 Å². The maximum atomic E-state index is 13.3. The molecule has 2 amide bonds. The van der Waals surface area contributed by atoms with E-state index in [4.69, 9.17) is 23.2 Å². The zero-order chi connectivity index (χ0) is 28.3. The molecule has 0 spiro atoms. The quantitative estimate of drug-likeness (QED) is 0.338. The molecule has 8 nitrogen and oxygen atoms in total. The summed E-state index contributed by atoms with van der Waals surface area (Å²) in [6.45, 7) is -1.27. The van der Waals surface area contributed by atoms with E-state index in [0.29, 0.717) is 20.2 Å². The first-order chi connectivity index (χ1) is 18.4. The van der Waals surface area contributed by atoms with Gasteiger partial charge in [-0.15, -0.1) is 0 Å². The van der Waals surface area contributed by atoms with Gasteiger partial charge < -0.3 is 10.6 Å². The van der Waals surface area contributed by atoms with Gasteiger partial charge in [0, 0.05) is 22.3 Å². The molecule has 4 rings (SSSR count). The van der Waals surface area contributed by atoms with Crippen LogP contribution in [-0.2, 0) is 35.4 Å². The molecule has 0 atom stereocenters. The molecule has 3 aromatic carbocycles. The highest BCUT2D eigenvalue weighted by atomic mass is 35.5. The molecule has 0 fully saturated rings. The highest BCUT2D eigenvalue weighted by molar-refractivity contribution is 6.35. The number of nitrogens with zero attached hydrogens (tertiary/aromatic N) is 2. The van der Waals surface area contributed by atoms with Crippen LogP contribution < -0.4 is 21.9 Å². The van der Waals surface area contributed by atoms with Crippen molar-refractivity contribution in [1.82, 2.24) is 14.5 Å². The number of hydrogen-bond donors (Lipinski definition) is 2. The molecule has 0 aliphatic carbocycles. The van der Waals surface area contributed by atoms with Crippen LogP contribution in [0.5, 0.6) is 0 Å². The Morgan fingerprint density at radius 3 is 2.28 bits per heavy atom. The Labute approximate surface area is 228 Å². The Balaban J connectivity index is 1.59. The summed E-state index contributed by atoms with van der Waals surface area (Å²) in [4.78, 5) is 51.7. The molecule has 1 aromatic heterocycles. The fourth-order valence-electron chi connectivity index (χ4n) is 3.84. The summed E-state index contributed by atoms with van der Waals surface area (Å²) in [5.41, 5.74) is -2.09. The largest absolute Gasteiger partial charge is 0.416 e. The normalized spacial score (nSPS) is 11.4. The number of halogens is 5. The van der Waals surface area contributed by atoms with Crippen molar-refractivity contribution in [3.05, 3.63) is 109 Å². The number of carbonyl (C=O) groups is 2. The van der Waals surface area contributed by atoms with Crippen molar-refractivity contribution in [2.45, 2.75) is 25.8 Å². The van der Waals surface area contributed by atoms with Crippen molar-refractivity contribution in [3.8, 4) is 0 Å². The molecule has 4 aromatic rings. The minimum absolute atomic E-state index is 0.00472. The molecule has 202 valence electrons. The van der Waals surface area contributed by atoms with E-state index in [2.05, 4.69) is 10.6 Å². The van der Waals surface area contributed by atoms with Crippen molar-refractivity contribution in [2.24, 2.45) is 0 Å². The molecule has 0 aliphatic rings. The van der Waals surface area contributed by atoms with E-state index in [9.17, 15) is 32.3 Å². The lowest BCUT2D eigenvalue weighted by molar-refractivity contribution is -0.137. The maximum Gasteiger partial charge on any atom is 0.416 e. The Kier molecular flexibility index (Phi) is 8.12. The van der Waals surface area contributed by atoms with Crippen LogP contribution in [0, 0.1) is 0 Å². The molecule has 0 saturated carbocycles. The van der Waals surface area contributed by atoms with Crippen LogP contribution in [0.25, 0.3) is 10.9 Å². The molecular formula is C26H19Cl2F3N4O4. The number of benzene rings is 3. The van der Waals surface area contributed by atoms with Gasteiger partial charge in [-0.2, -0.15) is 13.2 Å². The number of para-hydroxylation sites is 1. The second kappa shape index (κ2) is 11.3. The number of aromatic nitrogens is 2. The molecule has 0 saturated heterocycles. The average molecular weight is 579 g/mol. The van der Waals surface area contributed by atoms with E-state index in [-0.39, 0.29) is 23.1 Å². The lowest BCUT2D eigenvalue weighted by Gasteiger charge is -2.15. The lowest BCUT2D eigenvalue weighted by atomic mass is 10.2. The summed E-state index contributed by atoms with van der Waals surface area (Å²) in [5, 5.41) is 5.70. The van der Waals surface area contributed by atoms with Crippen molar-refractivity contribution in [1.29, 1.82) is 0 Å². The smallest absolute Gasteiger partial charge is 0.350 e. The van der Waals surface area contributed by atoms with Gasteiger partial charge in [0.2, 0.25) is 11.8 Å². The number of carbonyl (C=O) groups excluding carboxylic acids is 2. The number of anilines is 1. The predicted octanol–water partition coefficient (Wildman–Crippen LogP) is 4.44. The van der Waals surface area contributed by atoms with Gasteiger partial charge in [0.05, 0.1) is 16.5 Å². The third-order valence-electron chi connectivity index (χ3n) is 5.70. The third kappa shape index (κ3) is 6.50. The van der Waals surface area contributed by atoms with Gasteiger partial charge in [-0.3, -0.25) is 23.5 Å². The van der Waals surface area contributed by atoms with Gasteiger partial charge in [-0.05, 0) is 48.0 Å².